The fourth-order valence-electron chi connectivity index (χ4n) is 0.600. The number of hydrazone groups is 1. The predicted molar refractivity (Wildman–Crippen MR) is 62.8 cm³/mol. The Kier molecular flexibility index (Phi) is 4.96. The first-order valence-electron chi connectivity index (χ1n) is 4.81. The lowest BCUT2D eigenvalue weighted by Gasteiger charge is -2.35. The largest absolute Gasteiger partial charge is 0.464 e. The molecule has 0 saturated carbocycles. The topological polar surface area (TPSA) is 70.9 Å². The van der Waals surface area contributed by atoms with Crippen LogP contribution in [0.3, 0.4) is 0 Å². The number of amides is 1. The second-order valence-electron chi connectivity index (χ2n) is 4.80. The van der Waals surface area contributed by atoms with Gasteiger partial charge in [0.1, 0.15) is 0 Å². The summed E-state index contributed by atoms with van der Waals surface area (Å²) in [6.07, 6.45) is 0.257. The third kappa shape index (κ3) is 5.53. The molecule has 0 aromatic carbocycles. The van der Waals surface area contributed by atoms with E-state index >= 15 is 0 Å². The summed E-state index contributed by atoms with van der Waals surface area (Å²) in [7, 11) is -1.75. The minimum Gasteiger partial charge on any atom is -0.464 e. The normalized spacial score (nSPS) is 13.1. The highest BCUT2D eigenvalue weighted by Crippen LogP contribution is 2.36. The van der Waals surface area contributed by atoms with Gasteiger partial charge in [-0.15, -0.1) is 0 Å². The van der Waals surface area contributed by atoms with E-state index in [1.54, 1.807) is 0 Å². The van der Waals surface area contributed by atoms with Crippen molar-refractivity contribution in [3.8, 4) is 0 Å². The van der Waals surface area contributed by atoms with Crippen molar-refractivity contribution in [3.05, 3.63) is 0 Å². The molecular weight excluding hydrogens is 212 g/mol. The molecule has 0 atom stereocenters. The fourth-order valence-corrected chi connectivity index (χ4v) is 1.52. The van der Waals surface area contributed by atoms with E-state index in [2.05, 4.69) is 39.0 Å². The van der Waals surface area contributed by atoms with Gasteiger partial charge in [0.05, 0.1) is 6.61 Å². The highest BCUT2D eigenvalue weighted by Gasteiger charge is 2.36. The molecule has 0 aliphatic carbocycles. The Morgan fingerprint density at radius 3 is 2.47 bits per heavy atom. The monoisotopic (exact) mass is 232 g/mol. The van der Waals surface area contributed by atoms with Crippen LogP contribution in [-0.2, 0) is 4.43 Å². The first kappa shape index (κ1) is 14.1. The van der Waals surface area contributed by atoms with Gasteiger partial charge in [-0.3, -0.25) is 0 Å². The van der Waals surface area contributed by atoms with E-state index in [0.29, 0.717) is 6.61 Å². The van der Waals surface area contributed by atoms with Crippen LogP contribution in [0.5, 0.6) is 0 Å². The Morgan fingerprint density at radius 1 is 1.53 bits per heavy atom. The molecule has 15 heavy (non-hydrogen) atoms. The SMILES string of the molecule is CC(C)(C)[Si](C)(C)OCC=NNC(=O)O. The molecule has 0 spiro atoms. The fraction of sp³-hybridized carbons (Fsp3) is 0.778. The summed E-state index contributed by atoms with van der Waals surface area (Å²) in [5, 5.41) is 11.9. The summed E-state index contributed by atoms with van der Waals surface area (Å²) in [6.45, 7) is 11.0. The van der Waals surface area contributed by atoms with Crippen molar-refractivity contribution in [1.29, 1.82) is 0 Å². The third-order valence-electron chi connectivity index (χ3n) is 2.58. The molecule has 0 aromatic rings. The third-order valence-corrected chi connectivity index (χ3v) is 7.08. The van der Waals surface area contributed by atoms with Gasteiger partial charge < -0.3 is 9.53 Å². The van der Waals surface area contributed by atoms with E-state index in [9.17, 15) is 4.79 Å². The smallest absolute Gasteiger partial charge is 0.425 e. The molecule has 0 aromatic heterocycles. The Morgan fingerprint density at radius 2 is 2.07 bits per heavy atom. The zero-order chi connectivity index (χ0) is 12.1. The van der Waals surface area contributed by atoms with Gasteiger partial charge in [0.2, 0.25) is 0 Å². The Labute approximate surface area is 91.6 Å². The zero-order valence-corrected chi connectivity index (χ0v) is 11.0. The maximum Gasteiger partial charge on any atom is 0.425 e. The number of carbonyl (C=O) groups is 1. The van der Waals surface area contributed by atoms with Gasteiger partial charge in [0, 0.05) is 6.21 Å². The summed E-state index contributed by atoms with van der Waals surface area (Å²) in [6, 6.07) is 0. The Balaban J connectivity index is 3.96. The predicted octanol–water partition coefficient (Wildman–Crippen LogP) is 2.26. The van der Waals surface area contributed by atoms with Crippen LogP contribution in [-0.4, -0.2) is 32.3 Å². The molecule has 0 unspecified atom stereocenters. The van der Waals surface area contributed by atoms with Crippen LogP contribution in [0.4, 0.5) is 4.79 Å². The lowest BCUT2D eigenvalue weighted by molar-refractivity contribution is 0.195. The van der Waals surface area contributed by atoms with Crippen molar-refractivity contribution in [2.75, 3.05) is 6.61 Å². The summed E-state index contributed by atoms with van der Waals surface area (Å²) >= 11 is 0. The minimum atomic E-state index is -1.75. The number of nitrogens with one attached hydrogen (secondary N) is 1. The summed E-state index contributed by atoms with van der Waals surface area (Å²) in [5.41, 5.74) is 1.89. The van der Waals surface area contributed by atoms with Crippen molar-refractivity contribution in [2.24, 2.45) is 5.10 Å². The maximum absolute atomic E-state index is 10.1. The van der Waals surface area contributed by atoms with Gasteiger partial charge in [0.15, 0.2) is 8.32 Å². The lowest BCUT2D eigenvalue weighted by Crippen LogP contribution is -2.41. The van der Waals surface area contributed by atoms with E-state index in [4.69, 9.17) is 9.53 Å². The van der Waals surface area contributed by atoms with Crippen LogP contribution in [0.15, 0.2) is 5.10 Å². The molecule has 0 aliphatic heterocycles. The average molecular weight is 232 g/mol. The van der Waals surface area contributed by atoms with Crippen LogP contribution >= 0.6 is 0 Å². The molecular formula is C9H20N2O3Si. The average Bonchev–Trinajstić information content (AvgIpc) is 2.00. The first-order valence-corrected chi connectivity index (χ1v) is 7.72. The first-order chi connectivity index (χ1) is 6.67. The van der Waals surface area contributed by atoms with Crippen molar-refractivity contribution in [1.82, 2.24) is 5.43 Å². The van der Waals surface area contributed by atoms with E-state index in [1.807, 2.05) is 5.43 Å². The number of hydrogen-bond acceptors (Lipinski definition) is 3. The van der Waals surface area contributed by atoms with Gasteiger partial charge in [-0.05, 0) is 18.1 Å². The molecule has 0 fully saturated rings. The van der Waals surface area contributed by atoms with Crippen LogP contribution in [0.25, 0.3) is 0 Å². The molecule has 1 amide bonds. The Hall–Kier alpha value is -0.883. The molecule has 0 rings (SSSR count). The molecule has 5 nitrogen and oxygen atoms in total. The molecule has 0 heterocycles. The molecule has 0 radical (unpaired) electrons. The quantitative estimate of drug-likeness (QED) is 0.444. The number of carboxylic acid groups (broad SMARTS) is 1. The van der Waals surface area contributed by atoms with Gasteiger partial charge in [-0.25, -0.2) is 10.2 Å². The molecule has 6 heteroatoms. The Bertz CT molecular complexity index is 246. The van der Waals surface area contributed by atoms with Crippen LogP contribution in [0.2, 0.25) is 18.1 Å². The number of hydrogen-bond donors (Lipinski definition) is 2. The highest BCUT2D eigenvalue weighted by atomic mass is 28.4. The van der Waals surface area contributed by atoms with E-state index < -0.39 is 14.4 Å². The second-order valence-corrected chi connectivity index (χ2v) is 9.61. The van der Waals surface area contributed by atoms with Crippen LogP contribution in [0.1, 0.15) is 20.8 Å². The van der Waals surface area contributed by atoms with Crippen molar-refractivity contribution in [3.63, 3.8) is 0 Å². The van der Waals surface area contributed by atoms with E-state index in [1.165, 1.54) is 6.21 Å². The molecule has 88 valence electrons. The molecule has 0 bridgehead atoms. The summed E-state index contributed by atoms with van der Waals surface area (Å²) in [5.74, 6) is 0. The van der Waals surface area contributed by atoms with Gasteiger partial charge >= 0.3 is 6.09 Å². The molecule has 0 saturated heterocycles. The van der Waals surface area contributed by atoms with E-state index in [-0.39, 0.29) is 5.04 Å². The number of nitrogens with zero attached hydrogens (tertiary/aromatic N) is 1. The van der Waals surface area contributed by atoms with Crippen LogP contribution in [0, 0.1) is 0 Å². The van der Waals surface area contributed by atoms with Crippen molar-refractivity contribution < 1.29 is 14.3 Å². The van der Waals surface area contributed by atoms with Crippen molar-refractivity contribution in [2.45, 2.75) is 38.9 Å². The standard InChI is InChI=1S/C9H20N2O3Si/c1-9(2,3)15(4,5)14-7-6-10-11-8(12)13/h6,11H,7H2,1-5H3,(H,12,13). The van der Waals surface area contributed by atoms with Gasteiger partial charge in [-0.2, -0.15) is 5.10 Å². The summed E-state index contributed by atoms with van der Waals surface area (Å²) < 4.78 is 5.73. The van der Waals surface area contributed by atoms with Gasteiger partial charge in [-0.1, -0.05) is 20.8 Å². The minimum absolute atomic E-state index is 0.154. The van der Waals surface area contributed by atoms with E-state index in [0.717, 1.165) is 0 Å². The lowest BCUT2D eigenvalue weighted by atomic mass is 10.2. The molecule has 2 N–H and O–H groups in total. The summed E-state index contributed by atoms with van der Waals surface area (Å²) in [4.78, 5) is 10.1. The van der Waals surface area contributed by atoms with Gasteiger partial charge in [0.25, 0.3) is 0 Å². The zero-order valence-electron chi connectivity index (χ0n) is 10.00. The van der Waals surface area contributed by atoms with Crippen molar-refractivity contribution >= 4 is 20.6 Å². The maximum atomic E-state index is 10.1. The van der Waals surface area contributed by atoms with Crippen LogP contribution < -0.4 is 5.43 Å². The molecule has 0 aliphatic rings. The highest BCUT2D eigenvalue weighted by molar-refractivity contribution is 6.74. The number of rotatable bonds is 4. The second kappa shape index (κ2) is 5.27.